The van der Waals surface area contributed by atoms with Crippen LogP contribution in [0.25, 0.3) is 33.0 Å². The van der Waals surface area contributed by atoms with Crippen molar-refractivity contribution in [2.24, 2.45) is 0 Å². The van der Waals surface area contributed by atoms with Crippen LogP contribution in [0.5, 0.6) is 11.5 Å². The van der Waals surface area contributed by atoms with Crippen molar-refractivity contribution >= 4 is 21.7 Å². The largest absolute Gasteiger partial charge is 0.486 e. The molecule has 3 heterocycles. The number of benzene rings is 2. The number of rotatable bonds is 1. The lowest BCUT2D eigenvalue weighted by molar-refractivity contribution is 0.171. The zero-order chi connectivity index (χ0) is 16.8. The topological polar surface area (TPSA) is 61.6 Å². The first-order chi connectivity index (χ1) is 12.3. The Morgan fingerprint density at radius 1 is 0.960 bits per heavy atom. The summed E-state index contributed by atoms with van der Waals surface area (Å²) >= 11 is 0. The lowest BCUT2D eigenvalue weighted by Crippen LogP contribution is -2.16. The fourth-order valence-corrected chi connectivity index (χ4v) is 3.17. The van der Waals surface area contributed by atoms with Crippen molar-refractivity contribution < 1.29 is 13.9 Å². The molecular weight excluding hydrogens is 318 g/mol. The van der Waals surface area contributed by atoms with Crippen molar-refractivity contribution in [3.05, 3.63) is 65.1 Å². The van der Waals surface area contributed by atoms with Crippen molar-refractivity contribution in [2.45, 2.75) is 0 Å². The second-order valence-electron chi connectivity index (χ2n) is 5.85. The van der Waals surface area contributed by atoms with E-state index < -0.39 is 0 Å². The molecule has 1 aliphatic rings. The van der Waals surface area contributed by atoms with E-state index in [0.29, 0.717) is 46.9 Å². The molecule has 1 aliphatic heterocycles. The number of pyridine rings is 1. The van der Waals surface area contributed by atoms with Gasteiger partial charge in [-0.2, -0.15) is 0 Å². The summed E-state index contributed by atoms with van der Waals surface area (Å²) in [6.45, 7) is 0.978. The predicted molar refractivity (Wildman–Crippen MR) is 94.2 cm³/mol. The third kappa shape index (κ3) is 2.16. The van der Waals surface area contributed by atoms with Crippen LogP contribution in [0.4, 0.5) is 0 Å². The van der Waals surface area contributed by atoms with E-state index in [1.807, 2.05) is 36.4 Å². The highest BCUT2D eigenvalue weighted by Crippen LogP contribution is 2.33. The molecule has 5 rings (SSSR count). The minimum absolute atomic E-state index is 0.109. The fraction of sp³-hybridized carbons (Fsp3) is 0.100. The molecule has 0 spiro atoms. The molecule has 0 unspecified atom stereocenters. The summed E-state index contributed by atoms with van der Waals surface area (Å²) in [6, 6.07) is 13.2. The maximum absolute atomic E-state index is 13.1. The summed E-state index contributed by atoms with van der Waals surface area (Å²) in [5.74, 6) is 1.18. The van der Waals surface area contributed by atoms with Gasteiger partial charge in [0.25, 0.3) is 0 Å². The van der Waals surface area contributed by atoms with E-state index in [9.17, 15) is 4.79 Å². The van der Waals surface area contributed by atoms with Gasteiger partial charge in [-0.25, -0.2) is 0 Å². The Hall–Kier alpha value is -3.34. The second kappa shape index (κ2) is 5.34. The minimum Gasteiger partial charge on any atom is -0.486 e. The van der Waals surface area contributed by atoms with Crippen LogP contribution >= 0.6 is 0 Å². The van der Waals surface area contributed by atoms with Crippen LogP contribution in [-0.2, 0) is 0 Å². The van der Waals surface area contributed by atoms with Gasteiger partial charge in [0.05, 0.1) is 22.8 Å². The monoisotopic (exact) mass is 331 g/mol. The average molecular weight is 331 g/mol. The van der Waals surface area contributed by atoms with Gasteiger partial charge in [0, 0.05) is 6.07 Å². The first-order valence-corrected chi connectivity index (χ1v) is 8.00. The first-order valence-electron chi connectivity index (χ1n) is 8.00. The molecule has 5 nitrogen and oxygen atoms in total. The van der Waals surface area contributed by atoms with Crippen molar-refractivity contribution in [3.63, 3.8) is 0 Å². The van der Waals surface area contributed by atoms with Gasteiger partial charge in [0.15, 0.2) is 11.5 Å². The summed E-state index contributed by atoms with van der Waals surface area (Å²) in [7, 11) is 0. The van der Waals surface area contributed by atoms with Gasteiger partial charge in [0.1, 0.15) is 25.1 Å². The summed E-state index contributed by atoms with van der Waals surface area (Å²) in [5.41, 5.74) is 1.36. The summed E-state index contributed by atoms with van der Waals surface area (Å²) in [4.78, 5) is 17.5. The molecule has 0 aliphatic carbocycles. The van der Waals surface area contributed by atoms with Crippen LogP contribution < -0.4 is 14.9 Å². The van der Waals surface area contributed by atoms with Crippen molar-refractivity contribution in [1.82, 2.24) is 4.98 Å². The van der Waals surface area contributed by atoms with E-state index in [1.165, 1.54) is 6.26 Å². The Labute approximate surface area is 142 Å². The van der Waals surface area contributed by atoms with Crippen LogP contribution in [0, 0.1) is 0 Å². The summed E-state index contributed by atoms with van der Waals surface area (Å²) in [6.07, 6.45) is 3.04. The van der Waals surface area contributed by atoms with Gasteiger partial charge in [0.2, 0.25) is 5.43 Å². The lowest BCUT2D eigenvalue weighted by Gasteiger charge is -2.18. The Balaban J connectivity index is 1.78. The highest BCUT2D eigenvalue weighted by atomic mass is 16.6. The fourth-order valence-electron chi connectivity index (χ4n) is 3.17. The molecule has 122 valence electrons. The molecule has 0 fully saturated rings. The second-order valence-corrected chi connectivity index (χ2v) is 5.85. The van der Waals surface area contributed by atoms with Crippen molar-refractivity contribution in [3.8, 4) is 22.8 Å². The number of aromatic nitrogens is 1. The molecule has 25 heavy (non-hydrogen) atoms. The lowest BCUT2D eigenvalue weighted by atomic mass is 10.0. The maximum Gasteiger partial charge on any atom is 0.202 e. The molecule has 2 aromatic heterocycles. The third-order valence-corrected chi connectivity index (χ3v) is 4.37. The van der Waals surface area contributed by atoms with E-state index in [1.54, 1.807) is 12.3 Å². The highest BCUT2D eigenvalue weighted by Gasteiger charge is 2.17. The predicted octanol–water partition coefficient (Wildman–Crippen LogP) is 3.78. The average Bonchev–Trinajstić information content (AvgIpc) is 2.67. The molecule has 0 atom stereocenters. The Morgan fingerprint density at radius 3 is 2.72 bits per heavy atom. The number of nitrogens with zero attached hydrogens (tertiary/aromatic N) is 1. The number of hydrogen-bond donors (Lipinski definition) is 0. The molecule has 5 heteroatoms. The molecule has 0 saturated carbocycles. The van der Waals surface area contributed by atoms with Gasteiger partial charge in [-0.05, 0) is 16.8 Å². The van der Waals surface area contributed by atoms with Crippen molar-refractivity contribution in [2.75, 3.05) is 13.2 Å². The molecule has 2 aromatic carbocycles. The van der Waals surface area contributed by atoms with E-state index in [4.69, 9.17) is 13.9 Å². The van der Waals surface area contributed by atoms with E-state index in [-0.39, 0.29) is 5.43 Å². The molecular formula is C20H13NO4. The number of fused-ring (bicyclic) bond motifs is 4. The van der Waals surface area contributed by atoms with Crippen LogP contribution in [0.3, 0.4) is 0 Å². The van der Waals surface area contributed by atoms with Gasteiger partial charge in [-0.15, -0.1) is 0 Å². The molecule has 0 amide bonds. The maximum atomic E-state index is 13.1. The van der Waals surface area contributed by atoms with E-state index >= 15 is 0 Å². The van der Waals surface area contributed by atoms with E-state index in [0.717, 1.165) is 10.8 Å². The summed E-state index contributed by atoms with van der Waals surface area (Å²) < 4.78 is 16.8. The van der Waals surface area contributed by atoms with Crippen LogP contribution in [0.1, 0.15) is 0 Å². The van der Waals surface area contributed by atoms with E-state index in [2.05, 4.69) is 4.98 Å². The molecule has 4 aromatic rings. The zero-order valence-corrected chi connectivity index (χ0v) is 13.2. The Kier molecular flexibility index (Phi) is 3.00. The van der Waals surface area contributed by atoms with Crippen LogP contribution in [0.2, 0.25) is 0 Å². The molecule has 0 saturated heterocycles. The molecule has 0 bridgehead atoms. The Bertz CT molecular complexity index is 1180. The first kappa shape index (κ1) is 14.0. The van der Waals surface area contributed by atoms with Crippen LogP contribution in [-0.4, -0.2) is 18.2 Å². The number of hydrogen-bond acceptors (Lipinski definition) is 5. The SMILES string of the molecule is O=c1c(-c2cc3c(cn2)OCCO3)coc2ccc3ccccc3c12. The van der Waals surface area contributed by atoms with Crippen molar-refractivity contribution in [1.29, 1.82) is 0 Å². The van der Waals surface area contributed by atoms with Crippen LogP contribution in [0.15, 0.2) is 64.1 Å². The molecule has 0 N–H and O–H groups in total. The zero-order valence-electron chi connectivity index (χ0n) is 13.2. The van der Waals surface area contributed by atoms with Gasteiger partial charge < -0.3 is 13.9 Å². The summed E-state index contributed by atoms with van der Waals surface area (Å²) in [5, 5.41) is 2.43. The number of ether oxygens (including phenoxy) is 2. The van der Waals surface area contributed by atoms with Gasteiger partial charge >= 0.3 is 0 Å². The quantitative estimate of drug-likeness (QED) is 0.497. The highest BCUT2D eigenvalue weighted by molar-refractivity contribution is 6.06. The minimum atomic E-state index is -0.109. The van der Waals surface area contributed by atoms with Gasteiger partial charge in [-0.1, -0.05) is 30.3 Å². The third-order valence-electron chi connectivity index (χ3n) is 4.37. The smallest absolute Gasteiger partial charge is 0.202 e. The molecule has 0 radical (unpaired) electrons. The Morgan fingerprint density at radius 2 is 1.80 bits per heavy atom. The van der Waals surface area contributed by atoms with Gasteiger partial charge in [-0.3, -0.25) is 9.78 Å². The normalized spacial score (nSPS) is 13.3. The standard InChI is InChI=1S/C20H13NO4/c22-20-14(15-9-17-18(10-21-15)24-8-7-23-17)11-25-16-6-5-12-3-1-2-4-13(12)19(16)20/h1-6,9-11H,7-8H2.